The topological polar surface area (TPSA) is 84.4 Å². The molecular weight excluding hydrogens is 320 g/mol. The fourth-order valence-corrected chi connectivity index (χ4v) is 3.36. The molecule has 1 aliphatic carbocycles. The first kappa shape index (κ1) is 16.3. The molecule has 7 heteroatoms. The fraction of sp³-hybridized carbons (Fsp3) is 0.611. The van der Waals surface area contributed by atoms with Crippen LogP contribution in [0.2, 0.25) is 0 Å². The lowest BCUT2D eigenvalue weighted by molar-refractivity contribution is -0.126. The van der Waals surface area contributed by atoms with Crippen molar-refractivity contribution in [3.63, 3.8) is 0 Å². The van der Waals surface area contributed by atoms with Crippen molar-refractivity contribution >= 4 is 5.91 Å². The van der Waals surface area contributed by atoms with Crippen LogP contribution in [0, 0.1) is 5.92 Å². The Hall–Kier alpha value is -2.15. The normalized spacial score (nSPS) is 20.5. The summed E-state index contributed by atoms with van der Waals surface area (Å²) in [5.74, 6) is 3.01. The second kappa shape index (κ2) is 7.00. The second-order valence-electron chi connectivity index (χ2n) is 7.05. The van der Waals surface area contributed by atoms with E-state index in [2.05, 4.69) is 27.3 Å². The predicted octanol–water partition coefficient (Wildman–Crippen LogP) is 2.63. The van der Waals surface area contributed by atoms with Gasteiger partial charge in [0.25, 0.3) is 0 Å². The maximum atomic E-state index is 12.3. The third kappa shape index (κ3) is 3.76. The molecule has 0 bridgehead atoms. The number of nitrogens with zero attached hydrogens (tertiary/aromatic N) is 3. The summed E-state index contributed by atoms with van der Waals surface area (Å²) in [7, 11) is 0. The summed E-state index contributed by atoms with van der Waals surface area (Å²) >= 11 is 0. The van der Waals surface area contributed by atoms with Crippen LogP contribution in [-0.4, -0.2) is 34.0 Å². The molecule has 3 heterocycles. The average Bonchev–Trinajstić information content (AvgIpc) is 3.15. The van der Waals surface area contributed by atoms with Crippen LogP contribution in [-0.2, 0) is 11.3 Å². The molecule has 2 aromatic rings. The summed E-state index contributed by atoms with van der Waals surface area (Å²) < 4.78 is 10.7. The predicted molar refractivity (Wildman–Crippen MR) is 89.5 cm³/mol. The summed E-state index contributed by atoms with van der Waals surface area (Å²) in [4.78, 5) is 19.2. The molecule has 1 N–H and O–H groups in total. The Kier molecular flexibility index (Phi) is 4.57. The molecule has 4 rings (SSSR count). The van der Waals surface area contributed by atoms with Crippen molar-refractivity contribution in [2.45, 2.75) is 51.1 Å². The highest BCUT2D eigenvalue weighted by atomic mass is 16.5. The van der Waals surface area contributed by atoms with E-state index in [0.29, 0.717) is 18.4 Å². The van der Waals surface area contributed by atoms with Crippen LogP contribution in [0.5, 0.6) is 0 Å². The van der Waals surface area contributed by atoms with Gasteiger partial charge in [-0.25, -0.2) is 0 Å². The minimum atomic E-state index is 0.0584. The van der Waals surface area contributed by atoms with Gasteiger partial charge in [0.1, 0.15) is 5.76 Å². The number of furan rings is 1. The fourth-order valence-electron chi connectivity index (χ4n) is 3.36. The molecule has 1 saturated carbocycles. The van der Waals surface area contributed by atoms with Crippen molar-refractivity contribution in [1.29, 1.82) is 0 Å². The summed E-state index contributed by atoms with van der Waals surface area (Å²) in [6.45, 7) is 4.28. The molecule has 25 heavy (non-hydrogen) atoms. The number of aromatic nitrogens is 2. The molecule has 2 aliphatic rings. The van der Waals surface area contributed by atoms with Crippen molar-refractivity contribution in [2.75, 3.05) is 13.1 Å². The molecule has 0 aromatic carbocycles. The minimum absolute atomic E-state index is 0.0584. The van der Waals surface area contributed by atoms with Crippen LogP contribution >= 0.6 is 0 Å². The van der Waals surface area contributed by atoms with Gasteiger partial charge in [0.05, 0.1) is 18.8 Å². The minimum Gasteiger partial charge on any atom is -0.467 e. The standard InChI is InChI=1S/C18H24N4O3/c1-12(18-20-16(21-25-18)13-4-5-13)22-8-6-14(7-9-22)17(23)19-11-15-3-2-10-24-15/h2-3,10,12-14H,4-9,11H2,1H3,(H,19,23). The molecule has 1 amide bonds. The zero-order valence-corrected chi connectivity index (χ0v) is 14.5. The van der Waals surface area contributed by atoms with Gasteiger partial charge < -0.3 is 14.3 Å². The van der Waals surface area contributed by atoms with Crippen LogP contribution in [0.25, 0.3) is 0 Å². The van der Waals surface area contributed by atoms with Crippen molar-refractivity contribution in [1.82, 2.24) is 20.4 Å². The van der Waals surface area contributed by atoms with Gasteiger partial charge in [-0.05, 0) is 57.8 Å². The van der Waals surface area contributed by atoms with Gasteiger partial charge in [-0.2, -0.15) is 4.98 Å². The summed E-state index contributed by atoms with van der Waals surface area (Å²) in [6, 6.07) is 3.80. The Bertz CT molecular complexity index is 700. The highest BCUT2D eigenvalue weighted by Gasteiger charge is 2.32. The lowest BCUT2D eigenvalue weighted by atomic mass is 9.95. The van der Waals surface area contributed by atoms with E-state index in [0.717, 1.165) is 37.5 Å². The van der Waals surface area contributed by atoms with Crippen LogP contribution in [0.3, 0.4) is 0 Å². The largest absolute Gasteiger partial charge is 0.467 e. The average molecular weight is 344 g/mol. The Labute approximate surface area is 146 Å². The van der Waals surface area contributed by atoms with Crippen molar-refractivity contribution in [3.05, 3.63) is 35.9 Å². The lowest BCUT2D eigenvalue weighted by Gasteiger charge is -2.33. The Balaban J connectivity index is 1.26. The maximum Gasteiger partial charge on any atom is 0.243 e. The van der Waals surface area contributed by atoms with Crippen molar-refractivity contribution < 1.29 is 13.7 Å². The molecule has 1 saturated heterocycles. The molecule has 0 spiro atoms. The van der Waals surface area contributed by atoms with E-state index < -0.39 is 0 Å². The number of hydrogen-bond acceptors (Lipinski definition) is 6. The van der Waals surface area contributed by atoms with Gasteiger partial charge in [0, 0.05) is 11.8 Å². The maximum absolute atomic E-state index is 12.3. The van der Waals surface area contributed by atoms with E-state index in [1.54, 1.807) is 6.26 Å². The summed E-state index contributed by atoms with van der Waals surface area (Å²) in [5, 5.41) is 7.06. The van der Waals surface area contributed by atoms with E-state index >= 15 is 0 Å². The number of carbonyl (C=O) groups excluding carboxylic acids is 1. The van der Waals surface area contributed by atoms with Gasteiger partial charge in [-0.15, -0.1) is 0 Å². The van der Waals surface area contributed by atoms with Gasteiger partial charge in [0.2, 0.25) is 11.8 Å². The Morgan fingerprint density at radius 3 is 2.84 bits per heavy atom. The molecule has 0 radical (unpaired) electrons. The molecule has 2 aromatic heterocycles. The van der Waals surface area contributed by atoms with Gasteiger partial charge >= 0.3 is 0 Å². The quantitative estimate of drug-likeness (QED) is 0.867. The van der Waals surface area contributed by atoms with E-state index in [1.807, 2.05) is 12.1 Å². The molecule has 134 valence electrons. The van der Waals surface area contributed by atoms with Crippen LogP contribution < -0.4 is 5.32 Å². The number of carbonyl (C=O) groups is 1. The molecule has 1 atom stereocenters. The first-order valence-corrected chi connectivity index (χ1v) is 9.08. The third-order valence-electron chi connectivity index (χ3n) is 5.22. The van der Waals surface area contributed by atoms with Crippen LogP contribution in [0.4, 0.5) is 0 Å². The van der Waals surface area contributed by atoms with E-state index in [9.17, 15) is 4.79 Å². The van der Waals surface area contributed by atoms with Gasteiger partial charge in [-0.3, -0.25) is 9.69 Å². The number of rotatable bonds is 6. The number of amides is 1. The van der Waals surface area contributed by atoms with E-state index in [-0.39, 0.29) is 17.9 Å². The zero-order valence-electron chi connectivity index (χ0n) is 14.5. The molecule has 2 fully saturated rings. The highest BCUT2D eigenvalue weighted by molar-refractivity contribution is 5.78. The first-order chi connectivity index (χ1) is 12.2. The van der Waals surface area contributed by atoms with E-state index in [4.69, 9.17) is 8.94 Å². The molecule has 1 unspecified atom stereocenters. The number of hydrogen-bond donors (Lipinski definition) is 1. The number of nitrogens with one attached hydrogen (secondary N) is 1. The zero-order chi connectivity index (χ0) is 17.2. The lowest BCUT2D eigenvalue weighted by Crippen LogP contribution is -2.41. The monoisotopic (exact) mass is 344 g/mol. The third-order valence-corrected chi connectivity index (χ3v) is 5.22. The molecule has 7 nitrogen and oxygen atoms in total. The van der Waals surface area contributed by atoms with Crippen LogP contribution in [0.15, 0.2) is 27.3 Å². The van der Waals surface area contributed by atoms with Crippen molar-refractivity contribution in [3.8, 4) is 0 Å². The van der Waals surface area contributed by atoms with Crippen molar-refractivity contribution in [2.24, 2.45) is 5.92 Å². The molecule has 1 aliphatic heterocycles. The highest BCUT2D eigenvalue weighted by Crippen LogP contribution is 2.38. The van der Waals surface area contributed by atoms with Crippen LogP contribution in [0.1, 0.15) is 62.0 Å². The second-order valence-corrected chi connectivity index (χ2v) is 7.05. The Morgan fingerprint density at radius 1 is 1.36 bits per heavy atom. The van der Waals surface area contributed by atoms with E-state index in [1.165, 1.54) is 12.8 Å². The summed E-state index contributed by atoms with van der Waals surface area (Å²) in [5.41, 5.74) is 0. The SMILES string of the molecule is CC(c1nc(C2CC2)no1)N1CCC(C(=O)NCc2ccco2)CC1. The number of piperidine rings is 1. The summed E-state index contributed by atoms with van der Waals surface area (Å²) in [6.07, 6.45) is 5.65. The van der Waals surface area contributed by atoms with Gasteiger partial charge in [-0.1, -0.05) is 5.16 Å². The smallest absolute Gasteiger partial charge is 0.243 e. The first-order valence-electron chi connectivity index (χ1n) is 9.08. The number of likely N-dealkylation sites (tertiary alicyclic amines) is 1. The Morgan fingerprint density at radius 2 is 2.16 bits per heavy atom. The van der Waals surface area contributed by atoms with Gasteiger partial charge in [0.15, 0.2) is 5.82 Å². The molecular formula is C18H24N4O3.